The Labute approximate surface area is 100 Å². The Morgan fingerprint density at radius 2 is 2.12 bits per heavy atom. The van der Waals surface area contributed by atoms with E-state index < -0.39 is 0 Å². The average molecular weight is 229 g/mol. The van der Waals surface area contributed by atoms with Crippen molar-refractivity contribution in [1.29, 1.82) is 0 Å². The Morgan fingerprint density at radius 1 is 1.35 bits per heavy atom. The van der Waals surface area contributed by atoms with E-state index in [0.29, 0.717) is 11.8 Å². The molecule has 1 aromatic rings. The summed E-state index contributed by atoms with van der Waals surface area (Å²) < 4.78 is 5.70. The largest absolute Gasteiger partial charge is 0.452 e. The van der Waals surface area contributed by atoms with E-state index in [0.717, 1.165) is 16.8 Å². The molecule has 88 valence electrons. The van der Waals surface area contributed by atoms with E-state index in [2.05, 4.69) is 18.9 Å². The molecule has 17 heavy (non-hydrogen) atoms. The maximum atomic E-state index is 5.97. The van der Waals surface area contributed by atoms with E-state index in [9.17, 15) is 0 Å². The van der Waals surface area contributed by atoms with Gasteiger partial charge in [0.25, 0.3) is 0 Å². The fourth-order valence-corrected chi connectivity index (χ4v) is 2.22. The predicted molar refractivity (Wildman–Crippen MR) is 66.7 cm³/mol. The average Bonchev–Trinajstić information content (AvgIpc) is 2.67. The van der Waals surface area contributed by atoms with Gasteiger partial charge in [-0.2, -0.15) is 5.10 Å². The van der Waals surface area contributed by atoms with E-state index in [1.165, 1.54) is 0 Å². The molecule has 2 N–H and O–H groups in total. The van der Waals surface area contributed by atoms with Gasteiger partial charge in [-0.05, 0) is 0 Å². The Kier molecular flexibility index (Phi) is 2.11. The Morgan fingerprint density at radius 3 is 2.88 bits per heavy atom. The molecule has 0 amide bonds. The molecule has 0 aromatic heterocycles. The molecule has 1 unspecified atom stereocenters. The molecule has 0 bridgehead atoms. The fourth-order valence-electron chi connectivity index (χ4n) is 2.22. The molecule has 0 spiro atoms. The summed E-state index contributed by atoms with van der Waals surface area (Å²) >= 11 is 0. The maximum Gasteiger partial charge on any atom is 0.213 e. The van der Waals surface area contributed by atoms with Gasteiger partial charge in [-0.25, -0.2) is 5.01 Å². The second-order valence-corrected chi connectivity index (χ2v) is 4.64. The summed E-state index contributed by atoms with van der Waals surface area (Å²) in [7, 11) is 0. The quantitative estimate of drug-likeness (QED) is 0.800. The Bertz CT molecular complexity index is 519. The molecule has 0 radical (unpaired) electrons. The van der Waals surface area contributed by atoms with Gasteiger partial charge in [-0.1, -0.05) is 38.1 Å². The van der Waals surface area contributed by atoms with Crippen molar-refractivity contribution in [2.75, 3.05) is 0 Å². The molecule has 4 nitrogen and oxygen atoms in total. The van der Waals surface area contributed by atoms with Gasteiger partial charge in [0.2, 0.25) is 5.88 Å². The van der Waals surface area contributed by atoms with Crippen molar-refractivity contribution >= 4 is 11.9 Å². The van der Waals surface area contributed by atoms with Gasteiger partial charge in [0, 0.05) is 17.0 Å². The third kappa shape index (κ3) is 1.40. The Hall–Kier alpha value is -1.97. The van der Waals surface area contributed by atoms with E-state index in [1.54, 1.807) is 0 Å². The number of hydrazone groups is 1. The number of rotatable bonds is 1. The van der Waals surface area contributed by atoms with Gasteiger partial charge in [0.1, 0.15) is 5.70 Å². The smallest absolute Gasteiger partial charge is 0.213 e. The molecule has 0 saturated carbocycles. The highest BCUT2D eigenvalue weighted by molar-refractivity contribution is 5.91. The van der Waals surface area contributed by atoms with Crippen molar-refractivity contribution in [2.45, 2.75) is 20.1 Å². The van der Waals surface area contributed by atoms with Gasteiger partial charge in [-0.15, -0.1) is 0 Å². The monoisotopic (exact) mass is 229 g/mol. The first-order valence-electron chi connectivity index (χ1n) is 5.77. The lowest BCUT2D eigenvalue weighted by atomic mass is 10.0. The van der Waals surface area contributed by atoms with E-state index in [1.807, 2.05) is 35.5 Å². The SMILES string of the molecule is CC(C)C1OC(N)=C2c3ccccc3C=NN21. The molecule has 2 aliphatic rings. The summed E-state index contributed by atoms with van der Waals surface area (Å²) in [6.07, 6.45) is 1.76. The molecule has 2 heterocycles. The zero-order valence-corrected chi connectivity index (χ0v) is 9.92. The van der Waals surface area contributed by atoms with E-state index in [-0.39, 0.29) is 6.23 Å². The van der Waals surface area contributed by atoms with Gasteiger partial charge >= 0.3 is 0 Å². The van der Waals surface area contributed by atoms with Crippen LogP contribution in [0.2, 0.25) is 0 Å². The van der Waals surface area contributed by atoms with Crippen LogP contribution in [0.4, 0.5) is 0 Å². The maximum absolute atomic E-state index is 5.97. The highest BCUT2D eigenvalue weighted by Gasteiger charge is 2.37. The molecular formula is C13H15N3O. The molecule has 3 rings (SSSR count). The minimum absolute atomic E-state index is 0.102. The van der Waals surface area contributed by atoms with Gasteiger partial charge in [0.05, 0.1) is 6.21 Å². The zero-order valence-electron chi connectivity index (χ0n) is 9.92. The summed E-state index contributed by atoms with van der Waals surface area (Å²) in [5.74, 6) is 0.793. The fraction of sp³-hybridized carbons (Fsp3) is 0.308. The molecule has 1 aromatic carbocycles. The van der Waals surface area contributed by atoms with Crippen LogP contribution in [0.15, 0.2) is 35.2 Å². The highest BCUT2D eigenvalue weighted by Crippen LogP contribution is 2.37. The van der Waals surface area contributed by atoms with Gasteiger partial charge in [0.15, 0.2) is 6.23 Å². The first-order valence-corrected chi connectivity index (χ1v) is 5.77. The topological polar surface area (TPSA) is 50.9 Å². The normalized spacial score (nSPS) is 21.6. The van der Waals surface area contributed by atoms with Crippen molar-refractivity contribution in [2.24, 2.45) is 16.8 Å². The number of nitrogens with zero attached hydrogens (tertiary/aromatic N) is 2. The lowest BCUT2D eigenvalue weighted by molar-refractivity contribution is 0.00979. The second-order valence-electron chi connectivity index (χ2n) is 4.64. The zero-order chi connectivity index (χ0) is 12.0. The second kappa shape index (κ2) is 3.52. The van der Waals surface area contributed by atoms with Crippen LogP contribution in [0.25, 0.3) is 5.70 Å². The third-order valence-electron chi connectivity index (χ3n) is 3.06. The van der Waals surface area contributed by atoms with Gasteiger partial charge < -0.3 is 10.5 Å². The standard InChI is InChI=1S/C13H15N3O/c1-8(2)13-16-11(12(14)17-13)10-6-4-3-5-9(10)7-15-16/h3-8,13H,14H2,1-2H3. The number of benzene rings is 1. The number of nitrogens with two attached hydrogens (primary N) is 1. The molecule has 0 fully saturated rings. The number of fused-ring (bicyclic) bond motifs is 3. The molecule has 4 heteroatoms. The van der Waals surface area contributed by atoms with Crippen molar-refractivity contribution in [3.8, 4) is 0 Å². The number of hydrogen-bond donors (Lipinski definition) is 1. The summed E-state index contributed by atoms with van der Waals surface area (Å²) in [6, 6.07) is 8.06. The first kappa shape index (κ1) is 10.2. The van der Waals surface area contributed by atoms with Crippen LogP contribution in [0.5, 0.6) is 0 Å². The van der Waals surface area contributed by atoms with Crippen LogP contribution in [0.3, 0.4) is 0 Å². The van der Waals surface area contributed by atoms with Crippen LogP contribution < -0.4 is 5.73 Å². The lowest BCUT2D eigenvalue weighted by Crippen LogP contribution is -2.32. The van der Waals surface area contributed by atoms with Gasteiger partial charge in [-0.3, -0.25) is 0 Å². The summed E-state index contributed by atoms with van der Waals surface area (Å²) in [5.41, 5.74) is 9.03. The number of ether oxygens (including phenoxy) is 1. The molecule has 1 atom stereocenters. The lowest BCUT2D eigenvalue weighted by Gasteiger charge is -2.27. The first-order chi connectivity index (χ1) is 8.18. The van der Waals surface area contributed by atoms with E-state index in [4.69, 9.17) is 10.5 Å². The highest BCUT2D eigenvalue weighted by atomic mass is 16.5. The van der Waals surface area contributed by atoms with Crippen LogP contribution in [-0.4, -0.2) is 17.5 Å². The molecule has 0 aliphatic carbocycles. The van der Waals surface area contributed by atoms with Crippen LogP contribution in [-0.2, 0) is 4.74 Å². The van der Waals surface area contributed by atoms with E-state index >= 15 is 0 Å². The minimum Gasteiger partial charge on any atom is -0.452 e. The summed E-state index contributed by atoms with van der Waals surface area (Å²) in [5, 5.41) is 6.31. The van der Waals surface area contributed by atoms with Crippen molar-refractivity contribution in [3.05, 3.63) is 41.3 Å². The van der Waals surface area contributed by atoms with Crippen LogP contribution in [0, 0.1) is 5.92 Å². The summed E-state index contributed by atoms with van der Waals surface area (Å²) in [6.45, 7) is 4.19. The van der Waals surface area contributed by atoms with Crippen LogP contribution in [0.1, 0.15) is 25.0 Å². The van der Waals surface area contributed by atoms with Crippen molar-refractivity contribution in [1.82, 2.24) is 5.01 Å². The molecule has 0 saturated heterocycles. The third-order valence-corrected chi connectivity index (χ3v) is 3.06. The molecular weight excluding hydrogens is 214 g/mol. The minimum atomic E-state index is -0.102. The van der Waals surface area contributed by atoms with Crippen molar-refractivity contribution in [3.63, 3.8) is 0 Å². The Balaban J connectivity index is 2.11. The van der Waals surface area contributed by atoms with Crippen LogP contribution >= 0.6 is 0 Å². The predicted octanol–water partition coefficient (Wildman–Crippen LogP) is 1.93. The summed E-state index contributed by atoms with van der Waals surface area (Å²) in [4.78, 5) is 0. The van der Waals surface area contributed by atoms with Crippen molar-refractivity contribution < 1.29 is 4.74 Å². The molecule has 2 aliphatic heterocycles. The number of hydrogen-bond acceptors (Lipinski definition) is 4.